The van der Waals surface area contributed by atoms with E-state index in [0.29, 0.717) is 18.2 Å². The van der Waals surface area contributed by atoms with Gasteiger partial charge in [0.2, 0.25) is 5.95 Å². The molecule has 0 saturated carbocycles. The van der Waals surface area contributed by atoms with Crippen molar-refractivity contribution in [1.29, 1.82) is 0 Å². The number of nitrogens with one attached hydrogen (secondary N) is 1. The third-order valence-electron chi connectivity index (χ3n) is 5.33. The number of carbonyl (C=O) groups is 1. The summed E-state index contributed by atoms with van der Waals surface area (Å²) in [6.45, 7) is 5.14. The van der Waals surface area contributed by atoms with E-state index in [-0.39, 0.29) is 11.8 Å². The Hall–Kier alpha value is -3.23. The summed E-state index contributed by atoms with van der Waals surface area (Å²) in [7, 11) is 3.84. The highest BCUT2D eigenvalue weighted by atomic mass is 16.5. The van der Waals surface area contributed by atoms with E-state index in [9.17, 15) is 4.79 Å². The van der Waals surface area contributed by atoms with Gasteiger partial charge in [-0.3, -0.25) is 9.89 Å². The van der Waals surface area contributed by atoms with Crippen LogP contribution >= 0.6 is 0 Å². The lowest BCUT2D eigenvalue weighted by Gasteiger charge is -2.33. The lowest BCUT2D eigenvalue weighted by Crippen LogP contribution is -2.39. The average Bonchev–Trinajstić information content (AvgIpc) is 3.37. The predicted molar refractivity (Wildman–Crippen MR) is 108 cm³/mol. The Morgan fingerprint density at radius 3 is 2.83 bits per heavy atom. The van der Waals surface area contributed by atoms with Crippen LogP contribution in [0, 0.1) is 13.8 Å². The van der Waals surface area contributed by atoms with Gasteiger partial charge in [0, 0.05) is 51.1 Å². The van der Waals surface area contributed by atoms with Crippen LogP contribution in [0.15, 0.2) is 23.0 Å². The number of piperidine rings is 1. The molecule has 0 bridgehead atoms. The van der Waals surface area contributed by atoms with Crippen molar-refractivity contribution in [1.82, 2.24) is 30.2 Å². The highest BCUT2D eigenvalue weighted by Crippen LogP contribution is 2.36. The van der Waals surface area contributed by atoms with E-state index in [4.69, 9.17) is 9.51 Å². The number of nitrogens with zero attached hydrogens (tertiary/aromatic N) is 6. The Bertz CT molecular complexity index is 991. The smallest absolute Gasteiger partial charge is 0.271 e. The molecule has 0 aromatic carbocycles. The Morgan fingerprint density at radius 1 is 1.34 bits per heavy atom. The molecule has 9 nitrogen and oxygen atoms in total. The molecule has 1 fully saturated rings. The third-order valence-corrected chi connectivity index (χ3v) is 5.33. The topological polar surface area (TPSA) is 104 Å². The fraction of sp³-hybridized carbons (Fsp3) is 0.450. The summed E-state index contributed by atoms with van der Waals surface area (Å²) in [6, 6.07) is 1.70. The first-order valence-corrected chi connectivity index (χ1v) is 9.72. The minimum Gasteiger partial charge on any atom is -0.361 e. The summed E-state index contributed by atoms with van der Waals surface area (Å²) in [5.74, 6) is 1.45. The monoisotopic (exact) mass is 395 g/mol. The molecule has 1 saturated heterocycles. The summed E-state index contributed by atoms with van der Waals surface area (Å²) in [5.41, 5.74) is 4.11. The van der Waals surface area contributed by atoms with Crippen molar-refractivity contribution in [2.24, 2.45) is 0 Å². The first-order valence-electron chi connectivity index (χ1n) is 9.72. The molecule has 3 aromatic heterocycles. The van der Waals surface area contributed by atoms with Crippen LogP contribution in [0.2, 0.25) is 0 Å². The van der Waals surface area contributed by atoms with Crippen LogP contribution in [0.3, 0.4) is 0 Å². The number of aromatic amines is 1. The molecule has 0 aliphatic carbocycles. The molecule has 29 heavy (non-hydrogen) atoms. The van der Waals surface area contributed by atoms with Crippen LogP contribution in [0.5, 0.6) is 0 Å². The number of H-pyrrole nitrogens is 1. The second-order valence-electron chi connectivity index (χ2n) is 7.62. The molecule has 152 valence electrons. The number of carbonyl (C=O) groups excluding carboxylic acids is 1. The summed E-state index contributed by atoms with van der Waals surface area (Å²) in [5, 5.41) is 10.8. The molecule has 0 unspecified atom stereocenters. The van der Waals surface area contributed by atoms with E-state index in [1.54, 1.807) is 12.3 Å². The molecule has 1 aliphatic heterocycles. The average molecular weight is 395 g/mol. The summed E-state index contributed by atoms with van der Waals surface area (Å²) in [4.78, 5) is 26.0. The third kappa shape index (κ3) is 3.59. The number of likely N-dealkylation sites (tertiary alicyclic amines) is 1. The zero-order valence-corrected chi connectivity index (χ0v) is 17.1. The van der Waals surface area contributed by atoms with Gasteiger partial charge in [-0.2, -0.15) is 5.10 Å². The Kier molecular flexibility index (Phi) is 5.04. The highest BCUT2D eigenvalue weighted by molar-refractivity contribution is 5.92. The Morgan fingerprint density at radius 2 is 2.17 bits per heavy atom. The molecule has 4 rings (SSSR count). The van der Waals surface area contributed by atoms with Crippen LogP contribution in [0.25, 0.3) is 11.1 Å². The molecule has 9 heteroatoms. The van der Waals surface area contributed by atoms with Gasteiger partial charge >= 0.3 is 0 Å². The van der Waals surface area contributed by atoms with Crippen molar-refractivity contribution in [2.75, 3.05) is 32.1 Å². The van der Waals surface area contributed by atoms with Crippen molar-refractivity contribution >= 4 is 11.9 Å². The molecular weight excluding hydrogens is 370 g/mol. The summed E-state index contributed by atoms with van der Waals surface area (Å²) >= 11 is 0. The lowest BCUT2D eigenvalue weighted by molar-refractivity contribution is 0.0700. The number of hydrogen-bond acceptors (Lipinski definition) is 7. The molecular formula is C20H25N7O2. The fourth-order valence-electron chi connectivity index (χ4n) is 3.90. The number of aryl methyl sites for hydroxylation is 2. The predicted octanol–water partition coefficient (Wildman–Crippen LogP) is 2.56. The molecule has 1 atom stereocenters. The Balaban J connectivity index is 1.72. The molecule has 1 N–H and O–H groups in total. The number of anilines is 1. The van der Waals surface area contributed by atoms with Gasteiger partial charge in [0.1, 0.15) is 11.5 Å². The highest BCUT2D eigenvalue weighted by Gasteiger charge is 2.30. The van der Waals surface area contributed by atoms with Crippen molar-refractivity contribution in [2.45, 2.75) is 32.6 Å². The van der Waals surface area contributed by atoms with Crippen LogP contribution < -0.4 is 4.90 Å². The SMILES string of the molecule is Cc1noc(C)c1-c1cnc(N(C)C)nc1[C@H]1CCCN(C(=O)c2ccn[nH]2)C1. The number of rotatable bonds is 4. The molecule has 4 heterocycles. The minimum atomic E-state index is -0.0343. The van der Waals surface area contributed by atoms with Crippen molar-refractivity contribution < 1.29 is 9.32 Å². The zero-order chi connectivity index (χ0) is 20.5. The minimum absolute atomic E-state index is 0.0343. The lowest BCUT2D eigenvalue weighted by atomic mass is 9.89. The molecule has 1 aliphatic rings. The van der Waals surface area contributed by atoms with Crippen molar-refractivity contribution in [3.63, 3.8) is 0 Å². The quantitative estimate of drug-likeness (QED) is 0.724. The van der Waals surface area contributed by atoms with Gasteiger partial charge in [-0.15, -0.1) is 0 Å². The van der Waals surface area contributed by atoms with E-state index >= 15 is 0 Å². The zero-order valence-electron chi connectivity index (χ0n) is 17.1. The van der Waals surface area contributed by atoms with E-state index < -0.39 is 0 Å². The first-order chi connectivity index (χ1) is 14.0. The van der Waals surface area contributed by atoms with Gasteiger partial charge in [-0.05, 0) is 32.8 Å². The van der Waals surface area contributed by atoms with Gasteiger partial charge in [-0.25, -0.2) is 9.97 Å². The standard InChI is InChI=1S/C20H25N7O2/c1-12-17(13(2)29-25-12)15-10-21-20(26(3)4)23-18(15)14-6-5-9-27(11-14)19(28)16-7-8-22-24-16/h7-8,10,14H,5-6,9,11H2,1-4H3,(H,22,24)/t14-/m0/s1. The van der Waals surface area contributed by atoms with Crippen molar-refractivity contribution in [3.05, 3.63) is 41.3 Å². The molecule has 1 amide bonds. The number of hydrogen-bond donors (Lipinski definition) is 1. The second-order valence-corrected chi connectivity index (χ2v) is 7.62. The molecule has 3 aromatic rings. The van der Waals surface area contributed by atoms with E-state index in [1.165, 1.54) is 0 Å². The summed E-state index contributed by atoms with van der Waals surface area (Å²) in [6.07, 6.45) is 5.30. The van der Waals surface area contributed by atoms with E-state index in [0.717, 1.165) is 47.7 Å². The van der Waals surface area contributed by atoms with Crippen molar-refractivity contribution in [3.8, 4) is 11.1 Å². The summed E-state index contributed by atoms with van der Waals surface area (Å²) < 4.78 is 5.39. The largest absolute Gasteiger partial charge is 0.361 e. The maximum atomic E-state index is 12.8. The number of amides is 1. The van der Waals surface area contributed by atoms with Crippen LogP contribution in [-0.2, 0) is 0 Å². The van der Waals surface area contributed by atoms with Gasteiger partial charge in [-0.1, -0.05) is 5.16 Å². The van der Waals surface area contributed by atoms with Crippen LogP contribution in [0.4, 0.5) is 5.95 Å². The molecule has 0 spiro atoms. The fourth-order valence-corrected chi connectivity index (χ4v) is 3.90. The van der Waals surface area contributed by atoms with Crippen LogP contribution in [0.1, 0.15) is 46.4 Å². The number of aromatic nitrogens is 5. The second kappa shape index (κ2) is 7.65. The van der Waals surface area contributed by atoms with Gasteiger partial charge in [0.15, 0.2) is 0 Å². The van der Waals surface area contributed by atoms with Gasteiger partial charge < -0.3 is 14.3 Å². The first kappa shape index (κ1) is 19.1. The maximum Gasteiger partial charge on any atom is 0.271 e. The Labute approximate surface area is 169 Å². The van der Waals surface area contributed by atoms with Gasteiger partial charge in [0.05, 0.1) is 17.0 Å². The maximum absolute atomic E-state index is 12.8. The molecule has 0 radical (unpaired) electrons. The van der Waals surface area contributed by atoms with E-state index in [2.05, 4.69) is 20.3 Å². The van der Waals surface area contributed by atoms with Gasteiger partial charge in [0.25, 0.3) is 5.91 Å². The van der Waals surface area contributed by atoms with Crippen LogP contribution in [-0.4, -0.2) is 63.3 Å². The van der Waals surface area contributed by atoms with E-state index in [1.807, 2.05) is 43.9 Å². The normalized spacial score (nSPS) is 16.8.